The molecule has 6 nitrogen and oxygen atoms in total. The van der Waals surface area contributed by atoms with E-state index in [1.807, 2.05) is 0 Å². The van der Waals surface area contributed by atoms with Crippen LogP contribution < -0.4 is 0 Å². The largest absolute Gasteiger partial charge is 0.385 e. The number of nitrogens with zero attached hydrogens (tertiary/aromatic N) is 3. The van der Waals surface area contributed by atoms with Crippen molar-refractivity contribution in [2.45, 2.75) is 13.0 Å². The van der Waals surface area contributed by atoms with Gasteiger partial charge in [-0.05, 0) is 6.92 Å². The van der Waals surface area contributed by atoms with Crippen LogP contribution >= 0.6 is 0 Å². The van der Waals surface area contributed by atoms with Gasteiger partial charge in [-0.2, -0.15) is 10.1 Å². The Morgan fingerprint density at radius 1 is 1.62 bits per heavy atom. The van der Waals surface area contributed by atoms with Crippen molar-refractivity contribution in [3.05, 3.63) is 18.2 Å². The quantitative estimate of drug-likeness (QED) is 0.703. The first kappa shape index (κ1) is 7.93. The van der Waals surface area contributed by atoms with Crippen LogP contribution in [-0.4, -0.2) is 25.4 Å². The van der Waals surface area contributed by atoms with Crippen molar-refractivity contribution in [1.82, 2.24) is 20.3 Å². The van der Waals surface area contributed by atoms with Gasteiger partial charge in [0.15, 0.2) is 5.82 Å². The lowest BCUT2D eigenvalue weighted by Gasteiger charge is -1.91. The smallest absolute Gasteiger partial charge is 0.261 e. The molecule has 0 radical (unpaired) electrons. The maximum Gasteiger partial charge on any atom is 0.261 e. The Morgan fingerprint density at radius 3 is 3.00 bits per heavy atom. The van der Waals surface area contributed by atoms with E-state index in [4.69, 9.17) is 9.63 Å². The summed E-state index contributed by atoms with van der Waals surface area (Å²) in [5.74, 6) is 0.626. The van der Waals surface area contributed by atoms with E-state index < -0.39 is 6.10 Å². The molecule has 2 rings (SSSR count). The van der Waals surface area contributed by atoms with E-state index in [9.17, 15) is 0 Å². The highest BCUT2D eigenvalue weighted by molar-refractivity contribution is 5.48. The lowest BCUT2D eigenvalue weighted by molar-refractivity contribution is 0.184. The zero-order chi connectivity index (χ0) is 9.26. The van der Waals surface area contributed by atoms with Gasteiger partial charge in [0.25, 0.3) is 5.89 Å². The molecular formula is C7H8N4O2. The van der Waals surface area contributed by atoms with Crippen molar-refractivity contribution < 1.29 is 9.63 Å². The molecule has 2 aromatic heterocycles. The van der Waals surface area contributed by atoms with Crippen molar-refractivity contribution in [3.63, 3.8) is 0 Å². The molecule has 0 aliphatic heterocycles. The van der Waals surface area contributed by atoms with Gasteiger partial charge in [0.2, 0.25) is 0 Å². The number of aromatic nitrogens is 4. The topological polar surface area (TPSA) is 87.8 Å². The van der Waals surface area contributed by atoms with Gasteiger partial charge in [-0.25, -0.2) is 0 Å². The second-order valence-electron chi connectivity index (χ2n) is 2.62. The van der Waals surface area contributed by atoms with Crippen LogP contribution in [0, 0.1) is 0 Å². The van der Waals surface area contributed by atoms with E-state index in [0.29, 0.717) is 11.5 Å². The van der Waals surface area contributed by atoms with Gasteiger partial charge in [-0.15, -0.1) is 0 Å². The molecule has 0 bridgehead atoms. The summed E-state index contributed by atoms with van der Waals surface area (Å²) in [6.07, 6.45) is 2.49. The summed E-state index contributed by atoms with van der Waals surface area (Å²) in [6.45, 7) is 1.57. The minimum atomic E-state index is -0.718. The SMILES string of the molecule is CC(O)c1noc(-c2cn[nH]c2)n1. The summed E-state index contributed by atoms with van der Waals surface area (Å²) in [5, 5.41) is 19.1. The number of hydrogen-bond acceptors (Lipinski definition) is 5. The van der Waals surface area contributed by atoms with Gasteiger partial charge in [-0.3, -0.25) is 5.10 Å². The molecule has 0 aromatic carbocycles. The van der Waals surface area contributed by atoms with Gasteiger partial charge in [-0.1, -0.05) is 5.16 Å². The van der Waals surface area contributed by atoms with Gasteiger partial charge in [0, 0.05) is 6.20 Å². The first-order chi connectivity index (χ1) is 6.27. The zero-order valence-electron chi connectivity index (χ0n) is 6.93. The van der Waals surface area contributed by atoms with Crippen LogP contribution in [0.25, 0.3) is 11.5 Å². The molecular weight excluding hydrogens is 172 g/mol. The maximum atomic E-state index is 9.13. The molecule has 1 atom stereocenters. The highest BCUT2D eigenvalue weighted by Crippen LogP contribution is 2.16. The zero-order valence-corrected chi connectivity index (χ0v) is 6.93. The fraction of sp³-hybridized carbons (Fsp3) is 0.286. The third kappa shape index (κ3) is 1.43. The van der Waals surface area contributed by atoms with E-state index in [1.54, 1.807) is 19.3 Å². The lowest BCUT2D eigenvalue weighted by atomic mass is 10.3. The van der Waals surface area contributed by atoms with E-state index in [2.05, 4.69) is 20.3 Å². The van der Waals surface area contributed by atoms with Gasteiger partial charge >= 0.3 is 0 Å². The highest BCUT2D eigenvalue weighted by atomic mass is 16.5. The molecule has 6 heteroatoms. The number of H-pyrrole nitrogens is 1. The molecule has 13 heavy (non-hydrogen) atoms. The van der Waals surface area contributed by atoms with Crippen LogP contribution in [0.3, 0.4) is 0 Å². The van der Waals surface area contributed by atoms with Crippen LogP contribution in [0.5, 0.6) is 0 Å². The fourth-order valence-electron chi connectivity index (χ4n) is 0.890. The highest BCUT2D eigenvalue weighted by Gasteiger charge is 2.12. The number of aromatic amines is 1. The molecule has 0 aliphatic carbocycles. The normalized spacial score (nSPS) is 13.1. The Labute approximate surface area is 73.6 Å². The monoisotopic (exact) mass is 180 g/mol. The predicted molar refractivity (Wildman–Crippen MR) is 42.5 cm³/mol. The predicted octanol–water partition coefficient (Wildman–Crippen LogP) is 0.513. The fourth-order valence-corrected chi connectivity index (χ4v) is 0.890. The average molecular weight is 180 g/mol. The first-order valence-corrected chi connectivity index (χ1v) is 3.78. The average Bonchev–Trinajstić information content (AvgIpc) is 2.75. The van der Waals surface area contributed by atoms with Crippen LogP contribution in [0.2, 0.25) is 0 Å². The van der Waals surface area contributed by atoms with E-state index in [-0.39, 0.29) is 5.82 Å². The summed E-state index contributed by atoms with van der Waals surface area (Å²) in [6, 6.07) is 0. The summed E-state index contributed by atoms with van der Waals surface area (Å²) < 4.78 is 4.89. The van der Waals surface area contributed by atoms with Gasteiger partial charge in [0.05, 0.1) is 11.8 Å². The minimum absolute atomic E-state index is 0.274. The van der Waals surface area contributed by atoms with Gasteiger partial charge < -0.3 is 9.63 Å². The second kappa shape index (κ2) is 2.98. The molecule has 0 spiro atoms. The van der Waals surface area contributed by atoms with Crippen molar-refractivity contribution in [2.24, 2.45) is 0 Å². The number of rotatable bonds is 2. The number of hydrogen-bond donors (Lipinski definition) is 2. The summed E-state index contributed by atoms with van der Waals surface area (Å²) in [5.41, 5.74) is 0.708. The summed E-state index contributed by atoms with van der Waals surface area (Å²) in [4.78, 5) is 3.96. The molecule has 1 unspecified atom stereocenters. The van der Waals surface area contributed by atoms with Gasteiger partial charge in [0.1, 0.15) is 6.10 Å². The Hall–Kier alpha value is -1.69. The van der Waals surface area contributed by atoms with Crippen LogP contribution in [-0.2, 0) is 0 Å². The van der Waals surface area contributed by atoms with E-state index in [1.165, 1.54) is 0 Å². The summed E-state index contributed by atoms with van der Waals surface area (Å²) >= 11 is 0. The second-order valence-corrected chi connectivity index (χ2v) is 2.62. The Balaban J connectivity index is 2.33. The molecule has 2 N–H and O–H groups in total. The Bertz CT molecular complexity index is 379. The minimum Gasteiger partial charge on any atom is -0.385 e. The lowest BCUT2D eigenvalue weighted by Crippen LogP contribution is -1.92. The van der Waals surface area contributed by atoms with Crippen molar-refractivity contribution in [2.75, 3.05) is 0 Å². The molecule has 0 saturated carbocycles. The number of aliphatic hydroxyl groups excluding tert-OH is 1. The molecule has 0 saturated heterocycles. The van der Waals surface area contributed by atoms with Crippen molar-refractivity contribution in [1.29, 1.82) is 0 Å². The molecule has 0 amide bonds. The standard InChI is InChI=1S/C7H8N4O2/c1-4(12)6-10-7(13-11-6)5-2-8-9-3-5/h2-4,12H,1H3,(H,8,9). The molecule has 2 aromatic rings. The van der Waals surface area contributed by atoms with Crippen LogP contribution in [0.1, 0.15) is 18.9 Å². The Morgan fingerprint density at radius 2 is 2.46 bits per heavy atom. The first-order valence-electron chi connectivity index (χ1n) is 3.78. The molecule has 0 fully saturated rings. The van der Waals surface area contributed by atoms with E-state index >= 15 is 0 Å². The summed E-state index contributed by atoms with van der Waals surface area (Å²) in [7, 11) is 0. The van der Waals surface area contributed by atoms with Crippen LogP contribution in [0.15, 0.2) is 16.9 Å². The van der Waals surface area contributed by atoms with Crippen molar-refractivity contribution >= 4 is 0 Å². The number of aliphatic hydroxyl groups is 1. The Kier molecular flexibility index (Phi) is 1.82. The third-order valence-corrected chi connectivity index (χ3v) is 1.56. The molecule has 0 aliphatic rings. The van der Waals surface area contributed by atoms with Crippen LogP contribution in [0.4, 0.5) is 0 Å². The number of nitrogens with one attached hydrogen (secondary N) is 1. The van der Waals surface area contributed by atoms with E-state index in [0.717, 1.165) is 0 Å². The third-order valence-electron chi connectivity index (χ3n) is 1.56. The maximum absolute atomic E-state index is 9.13. The molecule has 68 valence electrons. The molecule has 2 heterocycles. The van der Waals surface area contributed by atoms with Crippen molar-refractivity contribution in [3.8, 4) is 11.5 Å².